The highest BCUT2D eigenvalue weighted by molar-refractivity contribution is 5.74. The molecule has 0 bridgehead atoms. The van der Waals surface area contributed by atoms with Crippen molar-refractivity contribution in [2.45, 2.75) is 32.1 Å². The van der Waals surface area contributed by atoms with Crippen molar-refractivity contribution >= 4 is 12.3 Å². The molecule has 0 amide bonds. The van der Waals surface area contributed by atoms with E-state index in [-0.39, 0.29) is 17.3 Å². The molecule has 0 radical (unpaired) electrons. The first-order valence-electron chi connectivity index (χ1n) is 4.89. The van der Waals surface area contributed by atoms with E-state index in [2.05, 4.69) is 0 Å². The molecule has 0 spiro atoms. The van der Waals surface area contributed by atoms with Gasteiger partial charge < -0.3 is 9.53 Å². The molecule has 0 N–H and O–H groups in total. The number of hydrogen-bond donors (Lipinski definition) is 0. The fraction of sp³-hybridized carbons (Fsp3) is 0.800. The Bertz CT molecular complexity index is 236. The maximum absolute atomic E-state index is 11.0. The molecule has 1 aliphatic heterocycles. The number of carbonyl (C=O) groups is 2. The maximum atomic E-state index is 11.0. The second-order valence-electron chi connectivity index (χ2n) is 4.16. The summed E-state index contributed by atoms with van der Waals surface area (Å²) in [4.78, 5) is 22.1. The van der Waals surface area contributed by atoms with E-state index in [1.807, 2.05) is 0 Å². The van der Waals surface area contributed by atoms with Gasteiger partial charge in [-0.05, 0) is 18.8 Å². The summed E-state index contributed by atoms with van der Waals surface area (Å²) >= 11 is 0. The second kappa shape index (κ2) is 3.13. The van der Waals surface area contributed by atoms with E-state index in [1.165, 1.54) is 0 Å². The molecule has 0 aromatic rings. The lowest BCUT2D eigenvalue weighted by atomic mass is 9.65. The maximum Gasteiger partial charge on any atom is 0.306 e. The monoisotopic (exact) mass is 182 g/mol. The minimum atomic E-state index is -0.327. The summed E-state index contributed by atoms with van der Waals surface area (Å²) in [5.41, 5.74) is -0.327. The van der Waals surface area contributed by atoms with Gasteiger partial charge in [0.2, 0.25) is 0 Å². The first-order chi connectivity index (χ1) is 6.27. The number of aldehydes is 1. The van der Waals surface area contributed by atoms with E-state index >= 15 is 0 Å². The highest BCUT2D eigenvalue weighted by atomic mass is 16.5. The average molecular weight is 182 g/mol. The molecule has 2 aliphatic rings. The Morgan fingerprint density at radius 2 is 2.31 bits per heavy atom. The van der Waals surface area contributed by atoms with Crippen LogP contribution in [0.2, 0.25) is 0 Å². The van der Waals surface area contributed by atoms with Gasteiger partial charge in [0.15, 0.2) is 0 Å². The number of cyclic esters (lactones) is 1. The van der Waals surface area contributed by atoms with E-state index in [0.717, 1.165) is 32.0 Å². The van der Waals surface area contributed by atoms with Crippen LogP contribution < -0.4 is 0 Å². The summed E-state index contributed by atoms with van der Waals surface area (Å²) in [6.07, 6.45) is 5.60. The van der Waals surface area contributed by atoms with Gasteiger partial charge >= 0.3 is 5.97 Å². The molecule has 2 fully saturated rings. The van der Waals surface area contributed by atoms with Gasteiger partial charge in [-0.15, -0.1) is 0 Å². The third kappa shape index (κ3) is 1.36. The number of rotatable bonds is 1. The highest BCUT2D eigenvalue weighted by Gasteiger charge is 2.45. The second-order valence-corrected chi connectivity index (χ2v) is 4.16. The predicted molar refractivity (Wildman–Crippen MR) is 46.0 cm³/mol. The molecular weight excluding hydrogens is 168 g/mol. The molecule has 2 atom stereocenters. The Morgan fingerprint density at radius 1 is 1.46 bits per heavy atom. The third-order valence-electron chi connectivity index (χ3n) is 3.41. The van der Waals surface area contributed by atoms with Crippen LogP contribution in [0.15, 0.2) is 0 Å². The number of ether oxygens (including phenoxy) is 1. The molecule has 72 valence electrons. The molecule has 3 nitrogen and oxygen atoms in total. The molecule has 1 aliphatic carbocycles. The Morgan fingerprint density at radius 3 is 3.08 bits per heavy atom. The summed E-state index contributed by atoms with van der Waals surface area (Å²) in [5, 5.41) is 0. The van der Waals surface area contributed by atoms with Crippen LogP contribution in [0.3, 0.4) is 0 Å². The van der Waals surface area contributed by atoms with Crippen molar-refractivity contribution in [3.8, 4) is 0 Å². The van der Waals surface area contributed by atoms with Crippen molar-refractivity contribution in [1.82, 2.24) is 0 Å². The zero-order valence-electron chi connectivity index (χ0n) is 7.62. The molecule has 0 unspecified atom stereocenters. The van der Waals surface area contributed by atoms with Gasteiger partial charge in [0.1, 0.15) is 12.9 Å². The van der Waals surface area contributed by atoms with Crippen molar-refractivity contribution in [1.29, 1.82) is 0 Å². The number of fused-ring (bicyclic) bond motifs is 1. The quantitative estimate of drug-likeness (QED) is 0.453. The van der Waals surface area contributed by atoms with Crippen molar-refractivity contribution in [3.05, 3.63) is 0 Å². The zero-order chi connectivity index (χ0) is 9.31. The fourth-order valence-corrected chi connectivity index (χ4v) is 2.50. The molecule has 3 heteroatoms. The van der Waals surface area contributed by atoms with E-state index < -0.39 is 0 Å². The minimum Gasteiger partial charge on any atom is -0.465 e. The number of carbonyl (C=O) groups excluding carboxylic acids is 2. The van der Waals surface area contributed by atoms with Crippen molar-refractivity contribution < 1.29 is 14.3 Å². The van der Waals surface area contributed by atoms with Crippen molar-refractivity contribution in [2.24, 2.45) is 11.3 Å². The normalized spacial score (nSPS) is 39.1. The van der Waals surface area contributed by atoms with E-state index in [0.29, 0.717) is 13.0 Å². The summed E-state index contributed by atoms with van der Waals surface area (Å²) < 4.78 is 4.97. The van der Waals surface area contributed by atoms with Crippen LogP contribution in [-0.4, -0.2) is 18.9 Å². The number of esters is 1. The van der Waals surface area contributed by atoms with Gasteiger partial charge in [0, 0.05) is 6.42 Å². The largest absolute Gasteiger partial charge is 0.465 e. The van der Waals surface area contributed by atoms with E-state index in [4.69, 9.17) is 4.74 Å². The summed E-state index contributed by atoms with van der Waals surface area (Å²) in [5.74, 6) is 0.115. The first kappa shape index (κ1) is 8.73. The van der Waals surface area contributed by atoms with Gasteiger partial charge in [-0.1, -0.05) is 12.8 Å². The van der Waals surface area contributed by atoms with Crippen LogP contribution in [0.1, 0.15) is 32.1 Å². The number of hydrogen-bond acceptors (Lipinski definition) is 3. The van der Waals surface area contributed by atoms with E-state index in [1.54, 1.807) is 0 Å². The third-order valence-corrected chi connectivity index (χ3v) is 3.41. The molecule has 1 saturated heterocycles. The Balaban J connectivity index is 2.18. The summed E-state index contributed by atoms with van der Waals surface area (Å²) in [7, 11) is 0. The summed E-state index contributed by atoms with van der Waals surface area (Å²) in [6.45, 7) is 0.319. The topological polar surface area (TPSA) is 43.4 Å². The van der Waals surface area contributed by atoms with E-state index in [9.17, 15) is 9.59 Å². The SMILES string of the molecule is O=C[C@]12CCCC[C@H]1CC(=O)OC2. The van der Waals surface area contributed by atoms with Gasteiger partial charge in [0.25, 0.3) is 0 Å². The molecule has 2 rings (SSSR count). The van der Waals surface area contributed by atoms with Gasteiger partial charge in [0.05, 0.1) is 5.41 Å². The van der Waals surface area contributed by atoms with Crippen molar-refractivity contribution in [3.63, 3.8) is 0 Å². The molecule has 1 heterocycles. The first-order valence-corrected chi connectivity index (χ1v) is 4.89. The van der Waals surface area contributed by atoms with Crippen LogP contribution in [-0.2, 0) is 14.3 Å². The van der Waals surface area contributed by atoms with Crippen LogP contribution in [0.5, 0.6) is 0 Å². The Labute approximate surface area is 77.4 Å². The van der Waals surface area contributed by atoms with Gasteiger partial charge in [-0.25, -0.2) is 0 Å². The van der Waals surface area contributed by atoms with Crippen molar-refractivity contribution in [2.75, 3.05) is 6.61 Å². The summed E-state index contributed by atoms with van der Waals surface area (Å²) in [6, 6.07) is 0. The van der Waals surface area contributed by atoms with Crippen LogP contribution >= 0.6 is 0 Å². The molecule has 13 heavy (non-hydrogen) atoms. The zero-order valence-corrected chi connectivity index (χ0v) is 7.62. The highest BCUT2D eigenvalue weighted by Crippen LogP contribution is 2.44. The molecule has 0 aromatic carbocycles. The minimum absolute atomic E-state index is 0.135. The Hall–Kier alpha value is -0.860. The van der Waals surface area contributed by atoms with Crippen LogP contribution in [0, 0.1) is 11.3 Å². The fourth-order valence-electron chi connectivity index (χ4n) is 2.50. The average Bonchev–Trinajstić information content (AvgIpc) is 2.18. The Kier molecular flexibility index (Phi) is 2.10. The van der Waals surface area contributed by atoms with Crippen LogP contribution in [0.25, 0.3) is 0 Å². The van der Waals surface area contributed by atoms with Crippen LogP contribution in [0.4, 0.5) is 0 Å². The standard InChI is InChI=1S/C10H14O3/c11-6-10-4-2-1-3-8(10)5-9(12)13-7-10/h6,8H,1-5,7H2/t8-,10-/m0/s1. The lowest BCUT2D eigenvalue weighted by molar-refractivity contribution is -0.164. The molecular formula is C10H14O3. The lowest BCUT2D eigenvalue weighted by Gasteiger charge is -2.42. The molecule has 1 saturated carbocycles. The predicted octanol–water partition coefficient (Wildman–Crippen LogP) is 1.31. The van der Waals surface area contributed by atoms with Gasteiger partial charge in [-0.3, -0.25) is 4.79 Å². The lowest BCUT2D eigenvalue weighted by Crippen LogP contribution is -2.45. The van der Waals surface area contributed by atoms with Gasteiger partial charge in [-0.2, -0.15) is 0 Å². The molecule has 0 aromatic heterocycles. The smallest absolute Gasteiger partial charge is 0.306 e.